The largest absolute Gasteiger partial charge is 0.355 e. The van der Waals surface area contributed by atoms with Gasteiger partial charge in [-0.3, -0.25) is 9.59 Å². The Bertz CT molecular complexity index is 528. The van der Waals surface area contributed by atoms with E-state index in [1.54, 1.807) is 30.1 Å². The normalized spacial score (nSPS) is 18.6. The second-order valence-corrected chi connectivity index (χ2v) is 5.67. The Hall–Kier alpha value is -1.55. The highest BCUT2D eigenvalue weighted by Gasteiger charge is 2.41. The van der Waals surface area contributed by atoms with Gasteiger partial charge < -0.3 is 9.80 Å². The van der Waals surface area contributed by atoms with Crippen molar-refractivity contribution in [3.8, 4) is 0 Å². The lowest BCUT2D eigenvalue weighted by Gasteiger charge is -2.46. The molecule has 1 aromatic carbocycles. The highest BCUT2D eigenvalue weighted by atomic mass is 35.5. The molecule has 0 unspecified atom stereocenters. The first-order chi connectivity index (χ1) is 8.87. The fraction of sp³-hybridized carbons (Fsp3) is 0.429. The molecule has 1 aliphatic rings. The van der Waals surface area contributed by atoms with Crippen LogP contribution < -0.4 is 4.90 Å². The fourth-order valence-corrected chi connectivity index (χ4v) is 2.74. The molecular weight excluding hydrogens is 264 g/mol. The number of aldehydes is 1. The topological polar surface area (TPSA) is 40.6 Å². The third-order valence-corrected chi connectivity index (χ3v) is 3.91. The molecule has 0 radical (unpaired) electrons. The van der Waals surface area contributed by atoms with Gasteiger partial charge in [-0.25, -0.2) is 0 Å². The summed E-state index contributed by atoms with van der Waals surface area (Å²) < 4.78 is 0. The molecule has 0 saturated carbocycles. The van der Waals surface area contributed by atoms with Crippen LogP contribution in [0.4, 0.5) is 5.69 Å². The average molecular weight is 281 g/mol. The molecule has 19 heavy (non-hydrogen) atoms. The van der Waals surface area contributed by atoms with Crippen LogP contribution in [0.3, 0.4) is 0 Å². The first-order valence-electron chi connectivity index (χ1n) is 6.16. The smallest absolute Gasteiger partial charge is 0.247 e. The van der Waals surface area contributed by atoms with Gasteiger partial charge in [-0.1, -0.05) is 11.6 Å². The number of benzene rings is 1. The first kappa shape index (κ1) is 13.9. The van der Waals surface area contributed by atoms with Crippen molar-refractivity contribution >= 4 is 29.5 Å². The Morgan fingerprint density at radius 2 is 2.00 bits per heavy atom. The van der Waals surface area contributed by atoms with E-state index in [0.717, 1.165) is 18.5 Å². The molecule has 1 saturated heterocycles. The third-order valence-electron chi connectivity index (χ3n) is 3.60. The van der Waals surface area contributed by atoms with Gasteiger partial charge in [-0.2, -0.15) is 0 Å². The molecule has 1 heterocycles. The molecule has 0 atom stereocenters. The zero-order valence-electron chi connectivity index (χ0n) is 11.3. The SMILES string of the molecule is CN1CCN(c2ccc(C=O)cc2Cl)C(C)(C)C1=O. The van der Waals surface area contributed by atoms with Crippen LogP contribution in [0, 0.1) is 0 Å². The predicted molar refractivity (Wildman–Crippen MR) is 75.9 cm³/mol. The van der Waals surface area contributed by atoms with Gasteiger partial charge >= 0.3 is 0 Å². The molecule has 1 aromatic rings. The Kier molecular flexibility index (Phi) is 3.54. The van der Waals surface area contributed by atoms with Gasteiger partial charge in [0.25, 0.3) is 0 Å². The Labute approximate surface area is 117 Å². The summed E-state index contributed by atoms with van der Waals surface area (Å²) in [5, 5.41) is 0.495. The molecule has 0 aliphatic carbocycles. The van der Waals surface area contributed by atoms with Crippen LogP contribution in [0.5, 0.6) is 0 Å². The molecular formula is C14H17ClN2O2. The van der Waals surface area contributed by atoms with E-state index in [1.165, 1.54) is 0 Å². The van der Waals surface area contributed by atoms with Gasteiger partial charge in [0.1, 0.15) is 11.8 Å². The summed E-state index contributed by atoms with van der Waals surface area (Å²) in [6, 6.07) is 5.14. The summed E-state index contributed by atoms with van der Waals surface area (Å²) in [5.41, 5.74) is 0.685. The van der Waals surface area contributed by atoms with E-state index >= 15 is 0 Å². The van der Waals surface area contributed by atoms with Crippen molar-refractivity contribution in [2.45, 2.75) is 19.4 Å². The summed E-state index contributed by atoms with van der Waals surface area (Å²) in [6.07, 6.45) is 0.760. The molecule has 5 heteroatoms. The van der Waals surface area contributed by atoms with Crippen molar-refractivity contribution in [3.05, 3.63) is 28.8 Å². The summed E-state index contributed by atoms with van der Waals surface area (Å²) in [7, 11) is 1.80. The highest BCUT2D eigenvalue weighted by molar-refractivity contribution is 6.33. The van der Waals surface area contributed by atoms with Gasteiger partial charge in [-0.05, 0) is 32.0 Å². The van der Waals surface area contributed by atoms with Gasteiger partial charge in [-0.15, -0.1) is 0 Å². The van der Waals surface area contributed by atoms with Gasteiger partial charge in [0.05, 0.1) is 10.7 Å². The summed E-state index contributed by atoms with van der Waals surface area (Å²) >= 11 is 6.23. The number of amides is 1. The number of carbonyl (C=O) groups is 2. The highest BCUT2D eigenvalue weighted by Crippen LogP contribution is 2.34. The number of piperazine rings is 1. The van der Waals surface area contributed by atoms with Crippen LogP contribution in [0.2, 0.25) is 5.02 Å². The van der Waals surface area contributed by atoms with Crippen molar-refractivity contribution in [3.63, 3.8) is 0 Å². The summed E-state index contributed by atoms with van der Waals surface area (Å²) in [4.78, 5) is 26.7. The van der Waals surface area contributed by atoms with Crippen molar-refractivity contribution in [1.82, 2.24) is 4.90 Å². The average Bonchev–Trinajstić information content (AvgIpc) is 2.37. The van der Waals surface area contributed by atoms with E-state index < -0.39 is 5.54 Å². The zero-order valence-corrected chi connectivity index (χ0v) is 12.1. The summed E-state index contributed by atoms with van der Waals surface area (Å²) in [5.74, 6) is 0.0641. The van der Waals surface area contributed by atoms with E-state index in [2.05, 4.69) is 0 Å². The number of hydrogen-bond donors (Lipinski definition) is 0. The van der Waals surface area contributed by atoms with Crippen molar-refractivity contribution in [2.24, 2.45) is 0 Å². The maximum Gasteiger partial charge on any atom is 0.247 e. The number of nitrogens with zero attached hydrogens (tertiary/aromatic N) is 2. The molecule has 1 amide bonds. The standard InChI is InChI=1S/C14H17ClN2O2/c1-14(2)13(19)16(3)6-7-17(14)12-5-4-10(9-18)8-11(12)15/h4-5,8-9H,6-7H2,1-3H3. The maximum absolute atomic E-state index is 12.2. The van der Waals surface area contributed by atoms with Crippen LogP contribution in [-0.2, 0) is 4.79 Å². The van der Waals surface area contributed by atoms with Crippen LogP contribution in [0.15, 0.2) is 18.2 Å². The van der Waals surface area contributed by atoms with Crippen molar-refractivity contribution in [2.75, 3.05) is 25.0 Å². The van der Waals surface area contributed by atoms with Crippen LogP contribution in [-0.4, -0.2) is 42.8 Å². The second-order valence-electron chi connectivity index (χ2n) is 5.27. The second kappa shape index (κ2) is 4.85. The third kappa shape index (κ3) is 2.32. The molecule has 0 N–H and O–H groups in total. The number of likely N-dealkylation sites (N-methyl/N-ethyl adjacent to an activating group) is 1. The molecule has 4 nitrogen and oxygen atoms in total. The molecule has 0 bridgehead atoms. The number of anilines is 1. The van der Waals surface area contributed by atoms with E-state index in [4.69, 9.17) is 11.6 Å². The lowest BCUT2D eigenvalue weighted by molar-refractivity contribution is -0.136. The van der Waals surface area contributed by atoms with Gasteiger partial charge in [0, 0.05) is 25.7 Å². The maximum atomic E-state index is 12.2. The van der Waals surface area contributed by atoms with Gasteiger partial charge in [0.15, 0.2) is 0 Å². The zero-order chi connectivity index (χ0) is 14.2. The number of rotatable bonds is 2. The number of carbonyl (C=O) groups excluding carboxylic acids is 2. The molecule has 102 valence electrons. The molecule has 1 fully saturated rings. The van der Waals surface area contributed by atoms with E-state index in [9.17, 15) is 9.59 Å². The minimum absolute atomic E-state index is 0.0641. The lowest BCUT2D eigenvalue weighted by Crippen LogP contribution is -2.62. The lowest BCUT2D eigenvalue weighted by atomic mass is 9.96. The Morgan fingerprint density at radius 3 is 2.58 bits per heavy atom. The van der Waals surface area contributed by atoms with Crippen molar-refractivity contribution in [1.29, 1.82) is 0 Å². The van der Waals surface area contributed by atoms with E-state index in [0.29, 0.717) is 17.1 Å². The molecule has 0 aromatic heterocycles. The Balaban J connectivity index is 2.41. The van der Waals surface area contributed by atoms with E-state index in [1.807, 2.05) is 18.7 Å². The van der Waals surface area contributed by atoms with Crippen LogP contribution >= 0.6 is 11.6 Å². The molecule has 2 rings (SSSR count). The monoisotopic (exact) mass is 280 g/mol. The number of hydrogen-bond acceptors (Lipinski definition) is 3. The summed E-state index contributed by atoms with van der Waals surface area (Å²) in [6.45, 7) is 5.15. The van der Waals surface area contributed by atoms with Crippen LogP contribution in [0.25, 0.3) is 0 Å². The minimum atomic E-state index is -0.640. The quantitative estimate of drug-likeness (QED) is 0.780. The number of halogens is 1. The Morgan fingerprint density at radius 1 is 1.32 bits per heavy atom. The minimum Gasteiger partial charge on any atom is -0.355 e. The van der Waals surface area contributed by atoms with E-state index in [-0.39, 0.29) is 5.91 Å². The fourth-order valence-electron chi connectivity index (χ4n) is 2.45. The van der Waals surface area contributed by atoms with Gasteiger partial charge in [0.2, 0.25) is 5.91 Å². The molecule has 1 aliphatic heterocycles. The van der Waals surface area contributed by atoms with Crippen molar-refractivity contribution < 1.29 is 9.59 Å². The van der Waals surface area contributed by atoms with Crippen LogP contribution in [0.1, 0.15) is 24.2 Å². The first-order valence-corrected chi connectivity index (χ1v) is 6.53. The predicted octanol–water partition coefficient (Wildman–Crippen LogP) is 2.21. The molecule has 0 spiro atoms.